The zero-order valence-electron chi connectivity index (χ0n) is 21.7. The molecule has 0 amide bonds. The zero-order valence-corrected chi connectivity index (χ0v) is 22.5. The van der Waals surface area contributed by atoms with E-state index in [1.807, 2.05) is 19.1 Å². The van der Waals surface area contributed by atoms with E-state index in [0.717, 1.165) is 35.4 Å². The van der Waals surface area contributed by atoms with Gasteiger partial charge in [0.1, 0.15) is 5.58 Å². The Bertz CT molecular complexity index is 1510. The average molecular weight is 522 g/mol. The molecule has 5 aromatic rings. The van der Waals surface area contributed by atoms with Gasteiger partial charge in [0.15, 0.2) is 0 Å². The second kappa shape index (κ2) is 12.2. The van der Waals surface area contributed by atoms with Gasteiger partial charge in [-0.2, -0.15) is 0 Å². The molecule has 4 aromatic carbocycles. The lowest BCUT2D eigenvalue weighted by atomic mass is 10.0. The highest BCUT2D eigenvalue weighted by Crippen LogP contribution is 2.33. The summed E-state index contributed by atoms with van der Waals surface area (Å²) in [5.74, 6) is -0.138. The van der Waals surface area contributed by atoms with Crippen LogP contribution in [-0.4, -0.2) is 23.4 Å². The van der Waals surface area contributed by atoms with Crippen LogP contribution in [0, 0.1) is 6.92 Å². The summed E-state index contributed by atoms with van der Waals surface area (Å²) in [7, 11) is 0. The number of furan rings is 1. The highest BCUT2D eigenvalue weighted by atomic mass is 32.2. The monoisotopic (exact) mass is 521 g/mol. The first kappa shape index (κ1) is 25.8. The third-order valence-electron chi connectivity index (χ3n) is 6.49. The molecule has 0 aliphatic heterocycles. The normalized spacial score (nSPS) is 11.2. The summed E-state index contributed by atoms with van der Waals surface area (Å²) < 4.78 is 13.4. The lowest BCUT2D eigenvalue weighted by Crippen LogP contribution is -2.18. The van der Waals surface area contributed by atoms with E-state index in [-0.39, 0.29) is 5.76 Å². The Labute approximate surface area is 228 Å². The Morgan fingerprint density at radius 3 is 2.32 bits per heavy atom. The smallest absolute Gasteiger partial charge is 0.374 e. The van der Waals surface area contributed by atoms with Crippen LogP contribution in [0.25, 0.3) is 22.1 Å². The van der Waals surface area contributed by atoms with E-state index in [2.05, 4.69) is 95.3 Å². The summed E-state index contributed by atoms with van der Waals surface area (Å²) >= 11 is 1.73. The van der Waals surface area contributed by atoms with Gasteiger partial charge in [-0.3, -0.25) is 0 Å². The summed E-state index contributed by atoms with van der Waals surface area (Å²) in [6.07, 6.45) is 0.951. The molecule has 0 atom stereocenters. The molecule has 0 aliphatic rings. The minimum absolute atomic E-state index is 0.280. The molecule has 5 rings (SSSR count). The van der Waals surface area contributed by atoms with Crippen LogP contribution < -0.4 is 0 Å². The Morgan fingerprint density at radius 2 is 1.55 bits per heavy atom. The maximum absolute atomic E-state index is 12.3. The number of fused-ring (bicyclic) bond motifs is 1. The first-order valence-electron chi connectivity index (χ1n) is 12.9. The van der Waals surface area contributed by atoms with E-state index in [9.17, 15) is 4.79 Å². The molecule has 38 heavy (non-hydrogen) atoms. The fourth-order valence-electron chi connectivity index (χ4n) is 4.54. The first-order valence-corrected chi connectivity index (χ1v) is 13.7. The van der Waals surface area contributed by atoms with Gasteiger partial charge in [0.2, 0.25) is 5.76 Å². The largest absolute Gasteiger partial charge is 0.460 e. The van der Waals surface area contributed by atoms with Crippen molar-refractivity contribution >= 4 is 28.9 Å². The van der Waals surface area contributed by atoms with Crippen LogP contribution in [0.4, 0.5) is 0 Å². The number of rotatable bonds is 10. The van der Waals surface area contributed by atoms with E-state index in [1.54, 1.807) is 18.9 Å². The van der Waals surface area contributed by atoms with Crippen LogP contribution >= 0.6 is 11.9 Å². The van der Waals surface area contributed by atoms with Gasteiger partial charge in [-0.05, 0) is 78.7 Å². The number of carbonyl (C=O) groups is 1. The summed E-state index contributed by atoms with van der Waals surface area (Å²) in [5.41, 5.74) is 6.52. The molecular formula is C33H31NO3S. The zero-order chi connectivity index (χ0) is 26.3. The second-order valence-corrected chi connectivity index (χ2v) is 10.4. The number of nitrogens with zero attached hydrogens (tertiary/aromatic N) is 1. The van der Waals surface area contributed by atoms with Crippen molar-refractivity contribution in [3.8, 4) is 11.1 Å². The number of ether oxygens (including phenoxy) is 1. The average Bonchev–Trinajstić information content (AvgIpc) is 3.29. The van der Waals surface area contributed by atoms with Crippen molar-refractivity contribution in [2.45, 2.75) is 31.7 Å². The van der Waals surface area contributed by atoms with Crippen molar-refractivity contribution < 1.29 is 13.9 Å². The van der Waals surface area contributed by atoms with Crippen LogP contribution in [0.5, 0.6) is 0 Å². The minimum Gasteiger partial charge on any atom is -0.460 e. The van der Waals surface area contributed by atoms with Crippen molar-refractivity contribution in [2.24, 2.45) is 0 Å². The summed E-state index contributed by atoms with van der Waals surface area (Å²) in [6.45, 7) is 5.71. The number of benzene rings is 4. The van der Waals surface area contributed by atoms with Crippen molar-refractivity contribution in [1.29, 1.82) is 0 Å². The number of aryl methyl sites for hydroxylation is 1. The summed E-state index contributed by atoms with van der Waals surface area (Å²) in [6, 6.07) is 36.0. The molecule has 0 unspecified atom stereocenters. The molecule has 0 spiro atoms. The molecule has 5 heteroatoms. The molecule has 1 aromatic heterocycles. The fourth-order valence-corrected chi connectivity index (χ4v) is 5.53. The summed E-state index contributed by atoms with van der Waals surface area (Å²) in [5, 5.41) is 0.937. The lowest BCUT2D eigenvalue weighted by Gasteiger charge is -2.22. The van der Waals surface area contributed by atoms with Gasteiger partial charge in [-0.1, -0.05) is 78.9 Å². The highest BCUT2D eigenvalue weighted by molar-refractivity contribution is 7.97. The molecule has 0 bridgehead atoms. The maximum Gasteiger partial charge on any atom is 0.374 e. The minimum atomic E-state index is -0.418. The topological polar surface area (TPSA) is 42.7 Å². The predicted molar refractivity (Wildman–Crippen MR) is 155 cm³/mol. The van der Waals surface area contributed by atoms with Gasteiger partial charge >= 0.3 is 5.97 Å². The van der Waals surface area contributed by atoms with Gasteiger partial charge in [0.25, 0.3) is 0 Å². The first-order chi connectivity index (χ1) is 18.6. The van der Waals surface area contributed by atoms with Crippen molar-refractivity contribution in [3.05, 3.63) is 126 Å². The van der Waals surface area contributed by atoms with Crippen LogP contribution in [-0.2, 0) is 17.7 Å². The van der Waals surface area contributed by atoms with Gasteiger partial charge in [-0.25, -0.2) is 9.10 Å². The molecule has 0 saturated heterocycles. The van der Waals surface area contributed by atoms with Crippen LogP contribution in [0.15, 0.2) is 112 Å². The molecule has 0 N–H and O–H groups in total. The SMILES string of the molecule is CCOC(=O)c1oc2ccc(SN(CCc3ccccc3)Cc3cccc(-c4ccccc4)c3)cc2c1C. The van der Waals surface area contributed by atoms with E-state index in [0.29, 0.717) is 12.2 Å². The van der Waals surface area contributed by atoms with Crippen LogP contribution in [0.2, 0.25) is 0 Å². The quantitative estimate of drug-likeness (QED) is 0.136. The summed E-state index contributed by atoms with van der Waals surface area (Å²) in [4.78, 5) is 13.4. The molecular weight excluding hydrogens is 490 g/mol. The molecule has 4 nitrogen and oxygen atoms in total. The second-order valence-electron chi connectivity index (χ2n) is 9.19. The van der Waals surface area contributed by atoms with Gasteiger partial charge in [0, 0.05) is 28.9 Å². The number of hydrogen-bond acceptors (Lipinski definition) is 5. The molecule has 0 fully saturated rings. The number of hydrogen-bond donors (Lipinski definition) is 0. The number of esters is 1. The fraction of sp³-hybridized carbons (Fsp3) is 0.182. The van der Waals surface area contributed by atoms with Crippen molar-refractivity contribution in [3.63, 3.8) is 0 Å². The van der Waals surface area contributed by atoms with Gasteiger partial charge in [0.05, 0.1) is 6.61 Å². The Morgan fingerprint density at radius 1 is 0.842 bits per heavy atom. The van der Waals surface area contributed by atoms with Gasteiger partial charge in [-0.15, -0.1) is 0 Å². The number of carbonyl (C=O) groups excluding carboxylic acids is 1. The van der Waals surface area contributed by atoms with Crippen LogP contribution in [0.3, 0.4) is 0 Å². The predicted octanol–water partition coefficient (Wildman–Crippen LogP) is 8.34. The van der Waals surface area contributed by atoms with E-state index in [1.165, 1.54) is 22.3 Å². The Kier molecular flexibility index (Phi) is 8.27. The Hall–Kier alpha value is -3.80. The van der Waals surface area contributed by atoms with Crippen molar-refractivity contribution in [2.75, 3.05) is 13.2 Å². The third kappa shape index (κ3) is 6.18. The van der Waals surface area contributed by atoms with E-state index >= 15 is 0 Å². The molecule has 0 radical (unpaired) electrons. The Balaban J connectivity index is 1.40. The molecule has 0 saturated carbocycles. The van der Waals surface area contributed by atoms with E-state index < -0.39 is 5.97 Å². The maximum atomic E-state index is 12.3. The molecule has 192 valence electrons. The van der Waals surface area contributed by atoms with E-state index in [4.69, 9.17) is 9.15 Å². The van der Waals surface area contributed by atoms with Crippen LogP contribution in [0.1, 0.15) is 34.2 Å². The van der Waals surface area contributed by atoms with Gasteiger partial charge < -0.3 is 9.15 Å². The standard InChI is InChI=1S/C33H31NO3S/c1-3-36-33(35)32-24(2)30-22-29(17-18-31(30)37-32)38-34(20-19-25-11-6-4-7-12-25)23-26-13-10-16-28(21-26)27-14-8-5-9-15-27/h4-18,21-22H,3,19-20,23H2,1-2H3. The molecule has 0 aliphatic carbocycles. The highest BCUT2D eigenvalue weighted by Gasteiger charge is 2.19. The van der Waals surface area contributed by atoms with Crippen molar-refractivity contribution in [1.82, 2.24) is 4.31 Å². The molecule has 1 heterocycles. The lowest BCUT2D eigenvalue weighted by molar-refractivity contribution is 0.0491. The third-order valence-corrected chi connectivity index (χ3v) is 7.52.